The van der Waals surface area contributed by atoms with Gasteiger partial charge >= 0.3 is 0 Å². The molecule has 0 saturated carbocycles. The highest BCUT2D eigenvalue weighted by Crippen LogP contribution is 2.33. The Balaban J connectivity index is 2.36. The molecule has 5 heteroatoms. The van der Waals surface area contributed by atoms with Crippen molar-refractivity contribution >= 4 is 38.6 Å². The Morgan fingerprint density at radius 2 is 2.20 bits per heavy atom. The summed E-state index contributed by atoms with van der Waals surface area (Å²) in [5.41, 5.74) is 4.13. The molecule has 0 bridgehead atoms. The summed E-state index contributed by atoms with van der Waals surface area (Å²) >= 11 is 6.92. The fourth-order valence-electron chi connectivity index (χ4n) is 1.50. The summed E-state index contributed by atoms with van der Waals surface area (Å²) in [6.07, 6.45) is 0. The Morgan fingerprint density at radius 3 is 2.67 bits per heavy atom. The van der Waals surface area contributed by atoms with Crippen LogP contribution in [0, 0.1) is 6.92 Å². The molecule has 1 unspecified atom stereocenters. The second-order valence-corrected chi connectivity index (χ2v) is 6.79. The van der Waals surface area contributed by atoms with Gasteiger partial charge in [0, 0.05) is 9.75 Å². The third kappa shape index (κ3) is 2.32. The summed E-state index contributed by atoms with van der Waals surface area (Å²) in [6.45, 7) is 2.12. The zero-order valence-corrected chi connectivity index (χ0v) is 11.4. The highest BCUT2D eigenvalue weighted by atomic mass is 79.9. The molecule has 0 amide bonds. The van der Waals surface area contributed by atoms with Crippen molar-refractivity contribution in [2.45, 2.75) is 13.0 Å². The zero-order chi connectivity index (χ0) is 10.8. The number of hydrogen-bond acceptors (Lipinski definition) is 4. The number of rotatable bonds is 3. The van der Waals surface area contributed by atoms with Gasteiger partial charge in [-0.1, -0.05) is 0 Å². The van der Waals surface area contributed by atoms with Crippen molar-refractivity contribution in [2.24, 2.45) is 5.84 Å². The van der Waals surface area contributed by atoms with Gasteiger partial charge in [0.1, 0.15) is 0 Å². The highest BCUT2D eigenvalue weighted by Gasteiger charge is 2.16. The van der Waals surface area contributed by atoms with Crippen molar-refractivity contribution < 1.29 is 0 Å². The molecule has 2 aromatic heterocycles. The van der Waals surface area contributed by atoms with Crippen LogP contribution in [0.2, 0.25) is 0 Å². The van der Waals surface area contributed by atoms with Gasteiger partial charge in [-0.15, -0.1) is 22.7 Å². The number of hydrogen-bond donors (Lipinski definition) is 2. The number of thiophene rings is 2. The van der Waals surface area contributed by atoms with Crippen LogP contribution < -0.4 is 11.3 Å². The van der Waals surface area contributed by atoms with Gasteiger partial charge in [0.15, 0.2) is 0 Å². The van der Waals surface area contributed by atoms with Gasteiger partial charge in [0.05, 0.1) is 9.83 Å². The van der Waals surface area contributed by atoms with Gasteiger partial charge in [-0.25, -0.2) is 5.43 Å². The molecular formula is C10H11BrN2S2. The van der Waals surface area contributed by atoms with Crippen molar-refractivity contribution in [3.63, 3.8) is 0 Å². The van der Waals surface area contributed by atoms with Crippen molar-refractivity contribution in [3.8, 4) is 0 Å². The first-order chi connectivity index (χ1) is 7.22. The molecule has 1 atom stereocenters. The predicted octanol–water partition coefficient (Wildman–Crippen LogP) is 3.43. The Hall–Kier alpha value is -0.200. The van der Waals surface area contributed by atoms with E-state index in [4.69, 9.17) is 5.84 Å². The van der Waals surface area contributed by atoms with E-state index in [1.165, 1.54) is 15.3 Å². The minimum absolute atomic E-state index is 0.104. The van der Waals surface area contributed by atoms with Crippen molar-refractivity contribution in [1.29, 1.82) is 0 Å². The maximum atomic E-state index is 5.62. The molecule has 2 nitrogen and oxygen atoms in total. The molecule has 2 heterocycles. The van der Waals surface area contributed by atoms with Crippen LogP contribution in [0.4, 0.5) is 0 Å². The first-order valence-electron chi connectivity index (χ1n) is 4.47. The maximum Gasteiger partial charge on any atom is 0.0813 e. The van der Waals surface area contributed by atoms with E-state index in [2.05, 4.69) is 45.8 Å². The number of nitrogens with two attached hydrogens (primary N) is 1. The Morgan fingerprint density at radius 1 is 1.40 bits per heavy atom. The van der Waals surface area contributed by atoms with E-state index in [1.54, 1.807) is 22.7 Å². The van der Waals surface area contributed by atoms with Gasteiger partial charge in [-0.3, -0.25) is 5.84 Å². The lowest BCUT2D eigenvalue weighted by molar-refractivity contribution is 0.646. The minimum Gasteiger partial charge on any atom is -0.271 e. The quantitative estimate of drug-likeness (QED) is 0.673. The van der Waals surface area contributed by atoms with Gasteiger partial charge in [0.25, 0.3) is 0 Å². The normalized spacial score (nSPS) is 13.0. The van der Waals surface area contributed by atoms with Gasteiger partial charge in [0.2, 0.25) is 0 Å². The van der Waals surface area contributed by atoms with E-state index in [-0.39, 0.29) is 6.04 Å². The average molecular weight is 303 g/mol. The number of hydrazine groups is 1. The molecule has 2 rings (SSSR count). The fraction of sp³-hybridized carbons (Fsp3) is 0.200. The van der Waals surface area contributed by atoms with Crippen LogP contribution >= 0.6 is 38.6 Å². The van der Waals surface area contributed by atoms with E-state index in [1.807, 2.05) is 6.07 Å². The molecule has 0 spiro atoms. The Bertz CT molecular complexity index is 450. The summed E-state index contributed by atoms with van der Waals surface area (Å²) in [6, 6.07) is 6.37. The number of nitrogens with one attached hydrogen (secondary N) is 1. The lowest BCUT2D eigenvalue weighted by Gasteiger charge is -2.13. The third-order valence-electron chi connectivity index (χ3n) is 2.26. The molecular weight excluding hydrogens is 292 g/mol. The number of halogens is 1. The van der Waals surface area contributed by atoms with Crippen molar-refractivity contribution in [1.82, 2.24) is 5.43 Å². The van der Waals surface area contributed by atoms with Gasteiger partial charge < -0.3 is 0 Å². The summed E-state index contributed by atoms with van der Waals surface area (Å²) in [7, 11) is 0. The molecule has 0 radical (unpaired) electrons. The predicted molar refractivity (Wildman–Crippen MR) is 70.2 cm³/mol. The topological polar surface area (TPSA) is 38.0 Å². The second-order valence-electron chi connectivity index (χ2n) is 3.17. The molecule has 0 fully saturated rings. The van der Waals surface area contributed by atoms with Crippen LogP contribution in [0.1, 0.15) is 21.4 Å². The van der Waals surface area contributed by atoms with Gasteiger partial charge in [-0.2, -0.15) is 0 Å². The van der Waals surface area contributed by atoms with Crippen LogP contribution in [0.15, 0.2) is 27.4 Å². The summed E-state index contributed by atoms with van der Waals surface area (Å²) < 4.78 is 1.13. The highest BCUT2D eigenvalue weighted by molar-refractivity contribution is 9.11. The molecule has 3 N–H and O–H groups in total. The van der Waals surface area contributed by atoms with Crippen LogP contribution in [-0.2, 0) is 0 Å². The second kappa shape index (κ2) is 4.76. The molecule has 0 aliphatic carbocycles. The molecule has 0 aliphatic heterocycles. The standard InChI is InChI=1S/C10H11BrN2S2/c1-6-7(4-5-14-6)10(13-12)8-2-3-9(11)15-8/h2-5,10,13H,12H2,1H3. The Kier molecular flexibility index (Phi) is 3.58. The first-order valence-corrected chi connectivity index (χ1v) is 6.96. The monoisotopic (exact) mass is 302 g/mol. The molecule has 0 aromatic carbocycles. The smallest absolute Gasteiger partial charge is 0.0813 e. The van der Waals surface area contributed by atoms with E-state index in [0.717, 1.165) is 3.79 Å². The SMILES string of the molecule is Cc1sccc1C(NN)c1ccc(Br)s1. The fourth-order valence-corrected chi connectivity index (χ4v) is 3.75. The largest absolute Gasteiger partial charge is 0.271 e. The van der Waals surface area contributed by atoms with E-state index in [9.17, 15) is 0 Å². The third-order valence-corrected chi connectivity index (χ3v) is 4.81. The minimum atomic E-state index is 0.104. The van der Waals surface area contributed by atoms with Crippen LogP contribution in [0.25, 0.3) is 0 Å². The molecule has 0 saturated heterocycles. The lowest BCUT2D eigenvalue weighted by atomic mass is 10.1. The van der Waals surface area contributed by atoms with Crippen LogP contribution in [0.3, 0.4) is 0 Å². The van der Waals surface area contributed by atoms with Crippen molar-refractivity contribution in [3.05, 3.63) is 42.7 Å². The number of aryl methyl sites for hydroxylation is 1. The average Bonchev–Trinajstić information content (AvgIpc) is 2.79. The molecule has 2 aromatic rings. The summed E-state index contributed by atoms with van der Waals surface area (Å²) in [4.78, 5) is 2.54. The van der Waals surface area contributed by atoms with E-state index >= 15 is 0 Å². The lowest BCUT2D eigenvalue weighted by Crippen LogP contribution is -2.28. The van der Waals surface area contributed by atoms with Crippen LogP contribution in [-0.4, -0.2) is 0 Å². The first kappa shape index (κ1) is 11.3. The van der Waals surface area contributed by atoms with Crippen LogP contribution in [0.5, 0.6) is 0 Å². The zero-order valence-electron chi connectivity index (χ0n) is 8.16. The Labute approximate surface area is 105 Å². The van der Waals surface area contributed by atoms with E-state index in [0.29, 0.717) is 0 Å². The molecule has 15 heavy (non-hydrogen) atoms. The van der Waals surface area contributed by atoms with Gasteiger partial charge in [-0.05, 0) is 52.0 Å². The summed E-state index contributed by atoms with van der Waals surface area (Å²) in [5.74, 6) is 5.62. The molecule has 0 aliphatic rings. The summed E-state index contributed by atoms with van der Waals surface area (Å²) in [5, 5.41) is 2.09. The van der Waals surface area contributed by atoms with E-state index < -0.39 is 0 Å². The maximum absolute atomic E-state index is 5.62. The van der Waals surface area contributed by atoms with Crippen molar-refractivity contribution in [2.75, 3.05) is 0 Å². The molecule has 80 valence electrons.